The third-order valence-corrected chi connectivity index (χ3v) is 1.60. The number of hydrogen-bond acceptors (Lipinski definition) is 0. The molecule has 0 bridgehead atoms. The zero-order chi connectivity index (χ0) is 11.4. The highest BCUT2D eigenvalue weighted by atomic mass is 19.4. The van der Waals surface area contributed by atoms with Gasteiger partial charge in [-0.1, -0.05) is 30.9 Å². The fourth-order valence-corrected chi connectivity index (χ4v) is 0.789. The van der Waals surface area contributed by atoms with Gasteiger partial charge in [0, 0.05) is 0 Å². The monoisotopic (exact) mass is 202 g/mol. The molecule has 0 aromatic heterocycles. The summed E-state index contributed by atoms with van der Waals surface area (Å²) in [6.07, 6.45) is -0.527. The summed E-state index contributed by atoms with van der Waals surface area (Å²) in [5.74, 6) is 0. The van der Waals surface area contributed by atoms with Crippen molar-refractivity contribution in [1.82, 2.24) is 0 Å². The second-order valence-corrected chi connectivity index (χ2v) is 2.86. The lowest BCUT2D eigenvalue weighted by atomic mass is 10.0. The van der Waals surface area contributed by atoms with E-state index in [4.69, 9.17) is 0 Å². The Morgan fingerprint density at radius 2 is 1.71 bits per heavy atom. The van der Waals surface area contributed by atoms with Crippen LogP contribution in [0.5, 0.6) is 0 Å². The van der Waals surface area contributed by atoms with Crippen LogP contribution < -0.4 is 0 Å². The van der Waals surface area contributed by atoms with Crippen LogP contribution in [0.15, 0.2) is 48.1 Å². The number of alkyl halides is 3. The van der Waals surface area contributed by atoms with Crippen LogP contribution in [0.25, 0.3) is 0 Å². The van der Waals surface area contributed by atoms with Crippen LogP contribution in [-0.4, -0.2) is 6.18 Å². The first-order valence-corrected chi connectivity index (χ1v) is 4.06. The quantitative estimate of drug-likeness (QED) is 0.602. The summed E-state index contributed by atoms with van der Waals surface area (Å²) in [4.78, 5) is 0. The summed E-state index contributed by atoms with van der Waals surface area (Å²) in [6.45, 7) is 9.93. The van der Waals surface area contributed by atoms with E-state index in [1.165, 1.54) is 19.1 Å². The molecule has 0 N–H and O–H groups in total. The normalized spacial score (nSPS) is 13.4. The van der Waals surface area contributed by atoms with E-state index < -0.39 is 11.7 Å². The van der Waals surface area contributed by atoms with E-state index in [9.17, 15) is 13.2 Å². The predicted molar refractivity (Wildman–Crippen MR) is 52.9 cm³/mol. The lowest BCUT2D eigenvalue weighted by molar-refractivity contribution is -0.0890. The number of hydrogen-bond donors (Lipinski definition) is 0. The molecule has 0 aliphatic rings. The molecular formula is C11H13F3. The zero-order valence-electron chi connectivity index (χ0n) is 8.28. The van der Waals surface area contributed by atoms with Gasteiger partial charge in [-0.2, -0.15) is 13.2 Å². The molecule has 3 heteroatoms. The van der Waals surface area contributed by atoms with Crippen molar-refractivity contribution in [3.8, 4) is 0 Å². The van der Waals surface area contributed by atoms with Crippen molar-refractivity contribution in [2.45, 2.75) is 20.0 Å². The Morgan fingerprint density at radius 1 is 1.21 bits per heavy atom. The Labute approximate surface area is 82.1 Å². The molecule has 0 atom stereocenters. The second-order valence-electron chi connectivity index (χ2n) is 2.86. The van der Waals surface area contributed by atoms with Crippen LogP contribution in [0.4, 0.5) is 13.2 Å². The van der Waals surface area contributed by atoms with Gasteiger partial charge < -0.3 is 0 Å². The maximum atomic E-state index is 12.5. The predicted octanol–water partition coefficient (Wildman–Crippen LogP) is 4.18. The molecule has 0 unspecified atom stereocenters. The highest BCUT2D eigenvalue weighted by molar-refractivity contribution is 5.46. The maximum Gasteiger partial charge on any atom is 0.416 e. The lowest BCUT2D eigenvalue weighted by Gasteiger charge is -2.13. The van der Waals surface area contributed by atoms with Gasteiger partial charge in [0.1, 0.15) is 0 Å². The van der Waals surface area contributed by atoms with E-state index in [1.807, 2.05) is 0 Å². The molecule has 78 valence electrons. The van der Waals surface area contributed by atoms with Crippen LogP contribution >= 0.6 is 0 Å². The van der Waals surface area contributed by atoms with Crippen LogP contribution in [0.3, 0.4) is 0 Å². The van der Waals surface area contributed by atoms with Gasteiger partial charge in [0.2, 0.25) is 0 Å². The molecule has 0 radical (unpaired) electrons. The van der Waals surface area contributed by atoms with E-state index in [2.05, 4.69) is 13.2 Å². The third kappa shape index (κ3) is 3.64. The Balaban J connectivity index is 5.13. The van der Waals surface area contributed by atoms with E-state index in [1.54, 1.807) is 6.92 Å². The van der Waals surface area contributed by atoms with E-state index >= 15 is 0 Å². The van der Waals surface area contributed by atoms with Gasteiger partial charge in [-0.15, -0.1) is 0 Å². The molecule has 0 aliphatic carbocycles. The highest BCUT2D eigenvalue weighted by Crippen LogP contribution is 2.33. The van der Waals surface area contributed by atoms with Crippen molar-refractivity contribution in [3.63, 3.8) is 0 Å². The zero-order valence-corrected chi connectivity index (χ0v) is 8.28. The van der Waals surface area contributed by atoms with Gasteiger partial charge in [-0.3, -0.25) is 0 Å². The van der Waals surface area contributed by atoms with E-state index in [0.717, 1.165) is 6.08 Å². The Kier molecular flexibility index (Phi) is 4.41. The summed E-state index contributed by atoms with van der Waals surface area (Å²) in [5.41, 5.74) is -0.503. The summed E-state index contributed by atoms with van der Waals surface area (Å²) in [7, 11) is 0. The molecule has 0 fully saturated rings. The number of rotatable bonds is 3. The molecule has 14 heavy (non-hydrogen) atoms. The molecule has 0 nitrogen and oxygen atoms in total. The third-order valence-electron chi connectivity index (χ3n) is 1.60. The molecule has 0 heterocycles. The average Bonchev–Trinajstić information content (AvgIpc) is 2.02. The summed E-state index contributed by atoms with van der Waals surface area (Å²) in [6, 6.07) is 0. The Hall–Kier alpha value is -1.25. The lowest BCUT2D eigenvalue weighted by Crippen LogP contribution is -2.13. The first kappa shape index (κ1) is 12.8. The number of allylic oxidation sites excluding steroid dienone is 6. The Morgan fingerprint density at radius 3 is 2.00 bits per heavy atom. The van der Waals surface area contributed by atoms with Gasteiger partial charge in [0.05, 0.1) is 5.57 Å². The van der Waals surface area contributed by atoms with E-state index in [0.29, 0.717) is 5.57 Å². The van der Waals surface area contributed by atoms with Crippen molar-refractivity contribution in [3.05, 3.63) is 48.1 Å². The topological polar surface area (TPSA) is 0 Å². The first-order chi connectivity index (χ1) is 6.30. The molecule has 0 saturated carbocycles. The van der Waals surface area contributed by atoms with Gasteiger partial charge >= 0.3 is 6.18 Å². The minimum Gasteiger partial charge on any atom is -0.166 e. The maximum absolute atomic E-state index is 12.5. The number of halogens is 3. The van der Waals surface area contributed by atoms with Crippen LogP contribution in [0, 0.1) is 0 Å². The molecule has 0 amide bonds. The fourth-order valence-electron chi connectivity index (χ4n) is 0.789. The van der Waals surface area contributed by atoms with Crippen LogP contribution in [-0.2, 0) is 0 Å². The summed E-state index contributed by atoms with van der Waals surface area (Å²) >= 11 is 0. The molecular weight excluding hydrogens is 189 g/mol. The van der Waals surface area contributed by atoms with E-state index in [-0.39, 0.29) is 5.57 Å². The van der Waals surface area contributed by atoms with Crippen molar-refractivity contribution < 1.29 is 13.2 Å². The summed E-state index contributed by atoms with van der Waals surface area (Å²) in [5, 5.41) is 0. The largest absolute Gasteiger partial charge is 0.416 e. The first-order valence-electron chi connectivity index (χ1n) is 4.06. The minimum absolute atomic E-state index is 0.0735. The minimum atomic E-state index is -4.38. The molecule has 0 saturated heterocycles. The van der Waals surface area contributed by atoms with Crippen molar-refractivity contribution in [2.24, 2.45) is 0 Å². The smallest absolute Gasteiger partial charge is 0.166 e. The van der Waals surface area contributed by atoms with Gasteiger partial charge in [-0.05, 0) is 25.5 Å². The fraction of sp³-hybridized carbons (Fsp3) is 0.273. The Bertz CT molecular complexity index is 290. The van der Waals surface area contributed by atoms with Crippen molar-refractivity contribution >= 4 is 0 Å². The van der Waals surface area contributed by atoms with Crippen LogP contribution in [0.2, 0.25) is 0 Å². The highest BCUT2D eigenvalue weighted by Gasteiger charge is 2.34. The molecule has 0 rings (SSSR count). The van der Waals surface area contributed by atoms with Crippen molar-refractivity contribution in [1.29, 1.82) is 0 Å². The van der Waals surface area contributed by atoms with Crippen LogP contribution in [0.1, 0.15) is 13.8 Å². The second kappa shape index (κ2) is 4.84. The SMILES string of the molecule is C=C(C)C(=C)/C(=C\C=C/C)C(F)(F)F. The van der Waals surface area contributed by atoms with Gasteiger partial charge in [0.25, 0.3) is 0 Å². The molecule has 0 aliphatic heterocycles. The standard InChI is InChI=1S/C11H13F3/c1-5-6-7-10(11(12,13)14)9(4)8(2)3/h5-7H,2,4H2,1,3H3/b6-5-,10-7+. The molecule has 0 spiro atoms. The molecule has 0 aromatic carbocycles. The van der Waals surface area contributed by atoms with Gasteiger partial charge in [-0.25, -0.2) is 0 Å². The average molecular weight is 202 g/mol. The van der Waals surface area contributed by atoms with Crippen molar-refractivity contribution in [2.75, 3.05) is 0 Å². The van der Waals surface area contributed by atoms with Gasteiger partial charge in [0.15, 0.2) is 0 Å². The summed E-state index contributed by atoms with van der Waals surface area (Å²) < 4.78 is 37.4. The molecule has 0 aromatic rings.